The summed E-state index contributed by atoms with van der Waals surface area (Å²) in [6, 6.07) is 0. The first-order valence-electron chi connectivity index (χ1n) is 21.2. The Balaban J connectivity index is 3.38. The Morgan fingerprint density at radius 1 is 0.417 bits per heavy atom. The van der Waals surface area contributed by atoms with Crippen LogP contribution in [0.2, 0.25) is 0 Å². The highest BCUT2D eigenvalue weighted by molar-refractivity contribution is 5.69. The van der Waals surface area contributed by atoms with Crippen LogP contribution in [0.4, 0.5) is 0 Å². The minimum absolute atomic E-state index is 0.111. The highest BCUT2D eigenvalue weighted by Crippen LogP contribution is 2.15. The number of carbonyl (C=O) groups excluding carboxylic acids is 2. The third kappa shape index (κ3) is 39.1. The number of carbonyl (C=O) groups is 2. The van der Waals surface area contributed by atoms with E-state index in [9.17, 15) is 14.7 Å². The minimum atomic E-state index is -0.959. The molecule has 1 atom stereocenters. The van der Waals surface area contributed by atoms with Crippen molar-refractivity contribution >= 4 is 11.9 Å². The maximum atomic E-state index is 12.0. The van der Waals surface area contributed by atoms with Crippen molar-refractivity contribution in [1.82, 2.24) is 0 Å². The molecule has 5 heteroatoms. The topological polar surface area (TPSA) is 72.8 Å². The molecular weight excluding hydrogens is 596 g/mol. The number of aliphatic hydroxyl groups is 1. The zero-order chi connectivity index (χ0) is 35.0. The summed E-state index contributed by atoms with van der Waals surface area (Å²) < 4.78 is 10.4. The van der Waals surface area contributed by atoms with Gasteiger partial charge < -0.3 is 14.6 Å². The lowest BCUT2D eigenvalue weighted by Crippen LogP contribution is -2.25. The van der Waals surface area contributed by atoms with Crippen LogP contribution >= 0.6 is 0 Å². The first-order valence-corrected chi connectivity index (χ1v) is 21.2. The molecule has 0 rings (SSSR count). The molecule has 284 valence electrons. The van der Waals surface area contributed by atoms with Crippen LogP contribution in [-0.2, 0) is 19.1 Å². The molecule has 0 spiro atoms. The molecule has 0 aliphatic rings. The van der Waals surface area contributed by atoms with Gasteiger partial charge in [-0.25, -0.2) is 0 Å². The summed E-state index contributed by atoms with van der Waals surface area (Å²) in [5, 5.41) is 10.0. The first kappa shape index (κ1) is 46.6. The second-order valence-corrected chi connectivity index (χ2v) is 14.5. The van der Waals surface area contributed by atoms with Gasteiger partial charge in [-0.2, -0.15) is 0 Å². The third-order valence-corrected chi connectivity index (χ3v) is 9.50. The van der Waals surface area contributed by atoms with E-state index in [0.29, 0.717) is 12.8 Å². The average molecular weight is 679 g/mol. The number of rotatable bonds is 39. The monoisotopic (exact) mass is 679 g/mol. The number of esters is 2. The van der Waals surface area contributed by atoms with Gasteiger partial charge in [0.25, 0.3) is 0 Å². The molecular formula is C43H82O5. The molecule has 0 aromatic heterocycles. The van der Waals surface area contributed by atoms with Crippen molar-refractivity contribution in [2.24, 2.45) is 0 Å². The molecule has 0 unspecified atom stereocenters. The second kappa shape index (κ2) is 40.1. The molecule has 0 saturated carbocycles. The van der Waals surface area contributed by atoms with Gasteiger partial charge in [0, 0.05) is 12.8 Å². The summed E-state index contributed by atoms with van der Waals surface area (Å²) in [5.74, 6) is -0.558. The van der Waals surface area contributed by atoms with Crippen molar-refractivity contribution in [3.05, 3.63) is 12.2 Å². The molecule has 48 heavy (non-hydrogen) atoms. The van der Waals surface area contributed by atoms with Crippen LogP contribution in [-0.4, -0.2) is 36.4 Å². The Labute approximate surface area is 299 Å². The fourth-order valence-electron chi connectivity index (χ4n) is 6.26. The van der Waals surface area contributed by atoms with Gasteiger partial charge in [0.1, 0.15) is 19.3 Å². The molecule has 0 fully saturated rings. The highest BCUT2D eigenvalue weighted by Gasteiger charge is 2.12. The molecule has 0 aliphatic carbocycles. The summed E-state index contributed by atoms with van der Waals surface area (Å²) >= 11 is 0. The van der Waals surface area contributed by atoms with E-state index in [2.05, 4.69) is 26.0 Å². The van der Waals surface area contributed by atoms with Crippen molar-refractivity contribution in [3.63, 3.8) is 0 Å². The fourth-order valence-corrected chi connectivity index (χ4v) is 6.26. The van der Waals surface area contributed by atoms with Gasteiger partial charge in [0.15, 0.2) is 0 Å². The third-order valence-electron chi connectivity index (χ3n) is 9.50. The van der Waals surface area contributed by atoms with Crippen molar-refractivity contribution in [2.45, 2.75) is 238 Å². The Hall–Kier alpha value is -1.36. The lowest BCUT2D eigenvalue weighted by atomic mass is 10.0. The van der Waals surface area contributed by atoms with Gasteiger partial charge in [-0.05, 0) is 38.5 Å². The first-order chi connectivity index (χ1) is 23.6. The van der Waals surface area contributed by atoms with Gasteiger partial charge in [-0.3, -0.25) is 9.59 Å². The Morgan fingerprint density at radius 3 is 0.979 bits per heavy atom. The van der Waals surface area contributed by atoms with E-state index in [1.165, 1.54) is 173 Å². The number of allylic oxidation sites excluding steroid dienone is 2. The van der Waals surface area contributed by atoms with Gasteiger partial charge in [0.05, 0.1) is 0 Å². The molecule has 0 saturated heterocycles. The van der Waals surface area contributed by atoms with Crippen molar-refractivity contribution < 1.29 is 24.2 Å². The maximum absolute atomic E-state index is 12.0. The number of unbranched alkanes of at least 4 members (excludes halogenated alkanes) is 29. The molecule has 0 heterocycles. The Kier molecular flexibility index (Phi) is 38.9. The van der Waals surface area contributed by atoms with Crippen molar-refractivity contribution in [2.75, 3.05) is 13.2 Å². The summed E-state index contributed by atoms with van der Waals surface area (Å²) in [4.78, 5) is 24.0. The molecule has 0 radical (unpaired) electrons. The summed E-state index contributed by atoms with van der Waals surface area (Å²) in [7, 11) is 0. The van der Waals surface area contributed by atoms with Crippen LogP contribution in [0.15, 0.2) is 12.2 Å². The molecule has 1 N–H and O–H groups in total. The average Bonchev–Trinajstić information content (AvgIpc) is 3.09. The number of hydrogen-bond acceptors (Lipinski definition) is 5. The normalized spacial score (nSPS) is 12.1. The highest BCUT2D eigenvalue weighted by atomic mass is 16.6. The Bertz CT molecular complexity index is 691. The van der Waals surface area contributed by atoms with Crippen LogP contribution in [0.5, 0.6) is 0 Å². The quantitative estimate of drug-likeness (QED) is 0.0398. The van der Waals surface area contributed by atoms with E-state index >= 15 is 0 Å². The summed E-state index contributed by atoms with van der Waals surface area (Å²) in [5.41, 5.74) is 0. The lowest BCUT2D eigenvalue weighted by molar-refractivity contribution is -0.152. The lowest BCUT2D eigenvalue weighted by Gasteiger charge is -2.12. The SMILES string of the molecule is CCCCCC/C=C\CCCCCCCCCC(=O)OC[C@H](O)COC(=O)CCCCCCCCCCCCCCCCCCCCC. The van der Waals surface area contributed by atoms with E-state index in [1.807, 2.05) is 0 Å². The van der Waals surface area contributed by atoms with Crippen molar-refractivity contribution in [3.8, 4) is 0 Å². The molecule has 0 aromatic carbocycles. The van der Waals surface area contributed by atoms with E-state index in [-0.39, 0.29) is 25.2 Å². The number of aliphatic hydroxyl groups excluding tert-OH is 1. The van der Waals surface area contributed by atoms with Gasteiger partial charge in [-0.1, -0.05) is 193 Å². The standard InChI is InChI=1S/C43H82O5/c1-3-5-7-9-11-13-15-17-19-20-21-22-24-26-28-30-32-34-36-38-43(46)48-40-41(44)39-47-42(45)37-35-33-31-29-27-25-23-18-16-14-12-10-8-6-4-2/h14,16,41,44H,3-13,15,17-40H2,1-2H3/b16-14-/t41-/m0/s1. The molecule has 5 nitrogen and oxygen atoms in total. The van der Waals surface area contributed by atoms with Crippen LogP contribution in [0.25, 0.3) is 0 Å². The maximum Gasteiger partial charge on any atom is 0.305 e. The Morgan fingerprint density at radius 2 is 0.667 bits per heavy atom. The summed E-state index contributed by atoms with van der Waals surface area (Å²) in [6.07, 6.45) is 45.6. The zero-order valence-electron chi connectivity index (χ0n) is 32.3. The minimum Gasteiger partial charge on any atom is -0.463 e. The molecule has 0 amide bonds. The zero-order valence-corrected chi connectivity index (χ0v) is 32.3. The molecule has 0 aromatic rings. The molecule has 0 aliphatic heterocycles. The predicted octanol–water partition coefficient (Wildman–Crippen LogP) is 13.3. The fraction of sp³-hybridized carbons (Fsp3) is 0.907. The van der Waals surface area contributed by atoms with Crippen molar-refractivity contribution in [1.29, 1.82) is 0 Å². The van der Waals surface area contributed by atoms with Crippen LogP contribution in [0.1, 0.15) is 232 Å². The van der Waals surface area contributed by atoms with Gasteiger partial charge in [-0.15, -0.1) is 0 Å². The van der Waals surface area contributed by atoms with Gasteiger partial charge >= 0.3 is 11.9 Å². The van der Waals surface area contributed by atoms with Crippen LogP contribution < -0.4 is 0 Å². The van der Waals surface area contributed by atoms with E-state index in [4.69, 9.17) is 9.47 Å². The van der Waals surface area contributed by atoms with E-state index < -0.39 is 6.10 Å². The smallest absolute Gasteiger partial charge is 0.305 e. The van der Waals surface area contributed by atoms with Crippen LogP contribution in [0, 0.1) is 0 Å². The second-order valence-electron chi connectivity index (χ2n) is 14.5. The van der Waals surface area contributed by atoms with Crippen LogP contribution in [0.3, 0.4) is 0 Å². The van der Waals surface area contributed by atoms with E-state index in [1.54, 1.807) is 0 Å². The number of ether oxygens (including phenoxy) is 2. The van der Waals surface area contributed by atoms with E-state index in [0.717, 1.165) is 32.1 Å². The predicted molar refractivity (Wildman–Crippen MR) is 205 cm³/mol. The molecule has 0 bridgehead atoms. The summed E-state index contributed by atoms with van der Waals surface area (Å²) in [6.45, 7) is 4.31. The van der Waals surface area contributed by atoms with Gasteiger partial charge in [0.2, 0.25) is 0 Å². The largest absolute Gasteiger partial charge is 0.463 e. The number of hydrogen-bond donors (Lipinski definition) is 1.